The van der Waals surface area contributed by atoms with Crippen molar-refractivity contribution in [2.45, 2.75) is 32.4 Å². The molecule has 0 bridgehead atoms. The molecule has 1 heterocycles. The van der Waals surface area contributed by atoms with Gasteiger partial charge in [0.25, 0.3) is 0 Å². The fourth-order valence-electron chi connectivity index (χ4n) is 2.78. The number of carbonyl (C=O) groups excluding carboxylic acids is 1. The van der Waals surface area contributed by atoms with Crippen molar-refractivity contribution in [2.24, 2.45) is 5.73 Å². The maximum Gasteiger partial charge on any atom is 0.327 e. The molecule has 0 spiro atoms. The van der Waals surface area contributed by atoms with E-state index in [-0.39, 0.29) is 6.10 Å². The van der Waals surface area contributed by atoms with E-state index in [0.717, 1.165) is 5.56 Å². The van der Waals surface area contributed by atoms with Crippen molar-refractivity contribution in [1.29, 1.82) is 0 Å². The van der Waals surface area contributed by atoms with E-state index in [0.29, 0.717) is 41.9 Å². The summed E-state index contributed by atoms with van der Waals surface area (Å²) in [5.74, 6) is 0.824. The minimum Gasteiger partial charge on any atom is -0.493 e. The first kappa shape index (κ1) is 21.4. The zero-order valence-electron chi connectivity index (χ0n) is 17.3. The van der Waals surface area contributed by atoms with Crippen molar-refractivity contribution in [3.63, 3.8) is 0 Å². The number of nitrogens with zero attached hydrogens (tertiary/aromatic N) is 1. The van der Waals surface area contributed by atoms with Crippen LogP contribution in [0.2, 0.25) is 0 Å². The lowest BCUT2D eigenvalue weighted by Crippen LogP contribution is -2.26. The first-order valence-electron chi connectivity index (χ1n) is 9.68. The third-order valence-electron chi connectivity index (χ3n) is 4.20. The molecule has 1 radical (unpaired) electrons. The van der Waals surface area contributed by atoms with Crippen LogP contribution in [-0.2, 0) is 16.0 Å². The van der Waals surface area contributed by atoms with Gasteiger partial charge >= 0.3 is 11.9 Å². The number of benzene rings is 2. The molecule has 157 valence electrons. The Labute approximate surface area is 175 Å². The predicted octanol–water partition coefficient (Wildman–Crippen LogP) is 3.72. The number of ether oxygens (including phenoxy) is 3. The second-order valence-electron chi connectivity index (χ2n) is 6.86. The van der Waals surface area contributed by atoms with Crippen molar-refractivity contribution in [2.75, 3.05) is 13.7 Å². The van der Waals surface area contributed by atoms with Gasteiger partial charge in [0, 0.05) is 18.1 Å². The highest BCUT2D eigenvalue weighted by atomic mass is 16.6. The Morgan fingerprint density at radius 3 is 2.63 bits per heavy atom. The molecular weight excluding hydrogens is 384 g/mol. The summed E-state index contributed by atoms with van der Waals surface area (Å²) in [6.07, 6.45) is 0.236. The molecule has 0 aliphatic carbocycles. The number of nitrogens with two attached hydrogens (primary N) is 1. The van der Waals surface area contributed by atoms with Gasteiger partial charge in [-0.25, -0.2) is 9.78 Å². The molecule has 2 N–H and O–H groups in total. The standard InChI is InChI=1S/C23H25N2O5/c1-15(2)29-22(26)20(24)17-10-7-11-18(14-17)28-13-12-19-23(27-3)30-21(25-19)16-8-5-4-6-9-16/h4-11,15,20H,12-13,24H2,1-3H3. The molecule has 2 aromatic carbocycles. The summed E-state index contributed by atoms with van der Waals surface area (Å²) in [7, 11) is 1.54. The van der Waals surface area contributed by atoms with Gasteiger partial charge in [-0.1, -0.05) is 30.3 Å². The highest BCUT2D eigenvalue weighted by molar-refractivity contribution is 5.77. The predicted molar refractivity (Wildman–Crippen MR) is 111 cm³/mol. The van der Waals surface area contributed by atoms with Crippen molar-refractivity contribution in [3.8, 4) is 23.1 Å². The van der Waals surface area contributed by atoms with Crippen LogP contribution in [0, 0.1) is 6.07 Å². The lowest BCUT2D eigenvalue weighted by molar-refractivity contribution is -0.149. The van der Waals surface area contributed by atoms with Crippen LogP contribution < -0.4 is 15.2 Å². The van der Waals surface area contributed by atoms with E-state index in [1.165, 1.54) is 7.11 Å². The molecule has 7 nitrogen and oxygen atoms in total. The number of esters is 1. The van der Waals surface area contributed by atoms with Crippen LogP contribution in [-0.4, -0.2) is 30.8 Å². The molecule has 30 heavy (non-hydrogen) atoms. The number of aromatic nitrogens is 1. The van der Waals surface area contributed by atoms with Crippen LogP contribution in [0.3, 0.4) is 0 Å². The number of oxazole rings is 1. The second-order valence-corrected chi connectivity index (χ2v) is 6.86. The molecule has 1 unspecified atom stereocenters. The maximum absolute atomic E-state index is 12.0. The highest BCUT2D eigenvalue weighted by Crippen LogP contribution is 2.27. The highest BCUT2D eigenvalue weighted by Gasteiger charge is 2.20. The average Bonchev–Trinajstić information content (AvgIpc) is 3.17. The zero-order chi connectivity index (χ0) is 21.5. The fourth-order valence-corrected chi connectivity index (χ4v) is 2.78. The summed E-state index contributed by atoms with van der Waals surface area (Å²) in [6, 6.07) is 16.9. The van der Waals surface area contributed by atoms with E-state index in [4.69, 9.17) is 24.4 Å². The van der Waals surface area contributed by atoms with Gasteiger partial charge in [-0.05, 0) is 37.6 Å². The molecular formula is C23H25N2O5. The van der Waals surface area contributed by atoms with Crippen LogP contribution in [0.25, 0.3) is 11.5 Å². The fraction of sp³-hybridized carbons (Fsp3) is 0.304. The maximum atomic E-state index is 12.0. The van der Waals surface area contributed by atoms with Gasteiger partial charge in [0.1, 0.15) is 17.5 Å². The molecule has 7 heteroatoms. The summed E-state index contributed by atoms with van der Waals surface area (Å²) in [5, 5.41) is 0. The van der Waals surface area contributed by atoms with E-state index in [1.54, 1.807) is 32.0 Å². The summed E-state index contributed by atoms with van der Waals surface area (Å²) < 4.78 is 21.9. The molecule has 0 saturated heterocycles. The largest absolute Gasteiger partial charge is 0.493 e. The van der Waals surface area contributed by atoms with Gasteiger partial charge in [0.2, 0.25) is 5.89 Å². The Hall–Kier alpha value is -3.32. The second kappa shape index (κ2) is 9.93. The normalized spacial score (nSPS) is 11.9. The average molecular weight is 409 g/mol. The minimum absolute atomic E-state index is 0.235. The SMILES string of the molecule is COc1oc(-c2ccccc2)nc1CCOc1[c]c(C(N)C(=O)OC(C)C)ccc1. The van der Waals surface area contributed by atoms with E-state index >= 15 is 0 Å². The van der Waals surface area contributed by atoms with E-state index < -0.39 is 12.0 Å². The van der Waals surface area contributed by atoms with Gasteiger partial charge in [-0.2, -0.15) is 0 Å². The zero-order valence-corrected chi connectivity index (χ0v) is 17.3. The molecule has 1 atom stereocenters. The summed E-state index contributed by atoms with van der Waals surface area (Å²) in [5.41, 5.74) is 8.00. The van der Waals surface area contributed by atoms with Crippen LogP contribution >= 0.6 is 0 Å². The van der Waals surface area contributed by atoms with Gasteiger partial charge in [0.05, 0.1) is 19.8 Å². The number of methoxy groups -OCH3 is 1. The lowest BCUT2D eigenvalue weighted by Gasteiger charge is -2.14. The minimum atomic E-state index is -0.917. The van der Waals surface area contributed by atoms with Crippen molar-refractivity contribution < 1.29 is 23.4 Å². The Morgan fingerprint density at radius 1 is 1.17 bits per heavy atom. The van der Waals surface area contributed by atoms with Crippen LogP contribution in [0.4, 0.5) is 0 Å². The molecule has 3 rings (SSSR count). The van der Waals surface area contributed by atoms with Crippen LogP contribution in [0.15, 0.2) is 52.9 Å². The van der Waals surface area contributed by atoms with Crippen LogP contribution in [0.5, 0.6) is 11.7 Å². The van der Waals surface area contributed by atoms with Crippen molar-refractivity contribution >= 4 is 5.97 Å². The summed E-state index contributed by atoms with van der Waals surface area (Å²) in [4.78, 5) is 16.5. The molecule has 0 aliphatic rings. The molecule has 0 saturated carbocycles. The molecule has 0 fully saturated rings. The molecule has 0 aliphatic heterocycles. The van der Waals surface area contributed by atoms with Crippen molar-refractivity contribution in [1.82, 2.24) is 4.98 Å². The number of hydrogen-bond donors (Lipinski definition) is 1. The van der Waals surface area contributed by atoms with E-state index in [9.17, 15) is 4.79 Å². The monoisotopic (exact) mass is 409 g/mol. The van der Waals surface area contributed by atoms with Crippen LogP contribution in [0.1, 0.15) is 31.1 Å². The van der Waals surface area contributed by atoms with E-state index in [1.807, 2.05) is 30.3 Å². The molecule has 0 amide bonds. The first-order chi connectivity index (χ1) is 14.5. The number of carbonyl (C=O) groups is 1. The molecule has 1 aromatic heterocycles. The number of rotatable bonds is 9. The van der Waals surface area contributed by atoms with Gasteiger partial charge in [0.15, 0.2) is 0 Å². The van der Waals surface area contributed by atoms with E-state index in [2.05, 4.69) is 11.1 Å². The Morgan fingerprint density at radius 2 is 1.93 bits per heavy atom. The first-order valence-corrected chi connectivity index (χ1v) is 9.68. The van der Waals surface area contributed by atoms with Gasteiger partial charge < -0.3 is 24.4 Å². The Kier molecular flexibility index (Phi) is 7.08. The number of hydrogen-bond acceptors (Lipinski definition) is 7. The molecule has 3 aromatic rings. The third-order valence-corrected chi connectivity index (χ3v) is 4.20. The summed E-state index contributed by atoms with van der Waals surface area (Å²) >= 11 is 0. The topological polar surface area (TPSA) is 96.8 Å². The third kappa shape index (κ3) is 5.39. The quantitative estimate of drug-likeness (QED) is 0.538. The lowest BCUT2D eigenvalue weighted by atomic mass is 10.1. The Balaban J connectivity index is 1.63. The summed E-state index contributed by atoms with van der Waals surface area (Å²) in [6.45, 7) is 3.87. The Bertz CT molecular complexity index is 969. The smallest absolute Gasteiger partial charge is 0.327 e. The van der Waals surface area contributed by atoms with Gasteiger partial charge in [-0.3, -0.25) is 0 Å². The van der Waals surface area contributed by atoms with Gasteiger partial charge in [-0.15, -0.1) is 0 Å². The van der Waals surface area contributed by atoms with Crippen molar-refractivity contribution in [3.05, 3.63) is 65.9 Å².